The molecule has 14 heteroatoms. The van der Waals surface area contributed by atoms with Gasteiger partial charge in [0.05, 0.1) is 18.8 Å². The number of carbonyl (C=O) groups is 2. The van der Waals surface area contributed by atoms with E-state index in [-0.39, 0.29) is 42.4 Å². The van der Waals surface area contributed by atoms with Crippen LogP contribution in [0.3, 0.4) is 0 Å². The predicted molar refractivity (Wildman–Crippen MR) is 222 cm³/mol. The minimum Gasteiger partial charge on any atom is -0.756 e. The molecule has 0 aromatic rings. The molecule has 0 saturated heterocycles. The van der Waals surface area contributed by atoms with Crippen molar-refractivity contribution in [1.29, 1.82) is 0 Å². The van der Waals surface area contributed by atoms with Crippen LogP contribution in [-0.4, -0.2) is 82.2 Å². The molecule has 0 spiro atoms. The largest absolute Gasteiger partial charge is 1.00 e. The Bertz CT molecular complexity index is 1110. The number of hydrogen-bond acceptors (Lipinski definition) is 12. The van der Waals surface area contributed by atoms with Gasteiger partial charge in [-0.15, -0.1) is 0 Å². The average molecular weight is 855 g/mol. The van der Waals surface area contributed by atoms with E-state index in [1.54, 1.807) is 0 Å². The van der Waals surface area contributed by atoms with Gasteiger partial charge in [0.2, 0.25) is 0 Å². The summed E-state index contributed by atoms with van der Waals surface area (Å²) in [7, 11) is -5.28. The number of ether oxygens (including phenoxy) is 2. The number of phosphoric ester groups is 1. The SMILES string of the molecule is CCCCC/C=C\C/C=C\CCCCCCCC(=O)O[C@H](COC(=O)CCCCCCCCCCCCCCC)COP(=O)([O-])OC1C(O)C(O)C(C)[C@@H](O)C1O.[Na+]. The van der Waals surface area contributed by atoms with Crippen molar-refractivity contribution >= 4 is 19.8 Å². The zero-order valence-electron chi connectivity index (χ0n) is 36.7. The molecule has 1 aliphatic carbocycles. The molecule has 0 aliphatic heterocycles. The first kappa shape index (κ1) is 57.4. The molecular weight excluding hydrogens is 774 g/mol. The number of aliphatic hydroxyl groups excluding tert-OH is 4. The van der Waals surface area contributed by atoms with Gasteiger partial charge in [0.25, 0.3) is 7.82 Å². The van der Waals surface area contributed by atoms with Crippen LogP contribution in [0.15, 0.2) is 24.3 Å². The summed E-state index contributed by atoms with van der Waals surface area (Å²) in [5, 5.41) is 41.0. The van der Waals surface area contributed by atoms with Gasteiger partial charge in [-0.25, -0.2) is 0 Å². The van der Waals surface area contributed by atoms with E-state index >= 15 is 0 Å². The van der Waals surface area contributed by atoms with Crippen LogP contribution in [0.1, 0.15) is 188 Å². The number of carbonyl (C=O) groups excluding carboxylic acids is 2. The third kappa shape index (κ3) is 28.8. The van der Waals surface area contributed by atoms with Crippen molar-refractivity contribution in [1.82, 2.24) is 0 Å². The van der Waals surface area contributed by atoms with E-state index < -0.39 is 75.5 Å². The van der Waals surface area contributed by atoms with Gasteiger partial charge in [0, 0.05) is 18.8 Å². The van der Waals surface area contributed by atoms with E-state index in [0.29, 0.717) is 12.8 Å². The fraction of sp³-hybridized carbons (Fsp3) is 0.864. The number of unbranched alkanes of at least 4 members (excludes halogenated alkanes) is 20. The molecule has 0 radical (unpaired) electrons. The molecule has 1 aliphatic rings. The van der Waals surface area contributed by atoms with Crippen molar-refractivity contribution in [3.63, 3.8) is 0 Å². The van der Waals surface area contributed by atoms with Crippen LogP contribution in [0.5, 0.6) is 0 Å². The second-order valence-electron chi connectivity index (χ2n) is 15.9. The van der Waals surface area contributed by atoms with E-state index in [1.165, 1.54) is 84.0 Å². The molecule has 58 heavy (non-hydrogen) atoms. The fourth-order valence-electron chi connectivity index (χ4n) is 6.88. The van der Waals surface area contributed by atoms with Crippen molar-refractivity contribution in [3.8, 4) is 0 Å². The van der Waals surface area contributed by atoms with Crippen molar-refractivity contribution in [2.45, 2.75) is 224 Å². The molecule has 1 rings (SSSR count). The van der Waals surface area contributed by atoms with E-state index in [2.05, 4.69) is 38.2 Å². The Kier molecular flexibility index (Phi) is 36.6. The molecule has 0 aromatic heterocycles. The summed E-state index contributed by atoms with van der Waals surface area (Å²) in [5.74, 6) is -2.04. The van der Waals surface area contributed by atoms with Crippen molar-refractivity contribution in [2.75, 3.05) is 13.2 Å². The number of hydrogen-bond donors (Lipinski definition) is 4. The smallest absolute Gasteiger partial charge is 0.756 e. The molecule has 4 N–H and O–H groups in total. The van der Waals surface area contributed by atoms with E-state index in [0.717, 1.165) is 64.2 Å². The number of rotatable bonds is 36. The normalized spacial score (nSPS) is 22.5. The average Bonchev–Trinajstić information content (AvgIpc) is 3.19. The van der Waals surface area contributed by atoms with Gasteiger partial charge in [-0.05, 0) is 44.9 Å². The topological polar surface area (TPSA) is 192 Å². The summed E-state index contributed by atoms with van der Waals surface area (Å²) in [6.07, 6.45) is 25.8. The Morgan fingerprint density at radius 3 is 1.52 bits per heavy atom. The van der Waals surface area contributed by atoms with Gasteiger partial charge in [-0.1, -0.05) is 154 Å². The molecule has 0 heterocycles. The standard InChI is InChI=1S/C44H81O12P.Na/c1-4-6-8-10-12-14-16-18-19-21-23-25-27-29-31-33-39(46)55-37(35-54-57(51,52)56-44-42(49)40(47)36(3)41(48)43(44)50)34-53-38(45)32-30-28-26-24-22-20-17-15-13-11-9-7-5-2;/h12,14,18-19,36-37,40-44,47-50H,4-11,13,15-17,20-35H2,1-3H3,(H,51,52);/q;+1/p-1/b14-12-,19-18-;/t36?,37-,40-,41?,42?,43?,44?;/m1./s1. The quantitative estimate of drug-likeness (QED) is 0.0198. The van der Waals surface area contributed by atoms with Crippen LogP contribution in [0.25, 0.3) is 0 Å². The summed E-state index contributed by atoms with van der Waals surface area (Å²) in [4.78, 5) is 38.0. The first-order valence-electron chi connectivity index (χ1n) is 22.4. The number of esters is 2. The Balaban J connectivity index is 0.0000325. The maximum absolute atomic E-state index is 12.7. The second-order valence-corrected chi connectivity index (χ2v) is 17.3. The summed E-state index contributed by atoms with van der Waals surface area (Å²) in [6.45, 7) is 4.64. The summed E-state index contributed by atoms with van der Waals surface area (Å²) >= 11 is 0. The van der Waals surface area contributed by atoms with E-state index in [9.17, 15) is 39.5 Å². The minimum absolute atomic E-state index is 0. The van der Waals surface area contributed by atoms with Crippen molar-refractivity contribution in [3.05, 3.63) is 24.3 Å². The number of allylic oxidation sites excluding steroid dienone is 4. The van der Waals surface area contributed by atoms with Gasteiger partial charge >= 0.3 is 41.5 Å². The summed E-state index contributed by atoms with van der Waals surface area (Å²) < 4.78 is 33.4. The second kappa shape index (κ2) is 37.0. The molecule has 334 valence electrons. The molecule has 1 saturated carbocycles. The first-order valence-corrected chi connectivity index (χ1v) is 23.9. The van der Waals surface area contributed by atoms with Crippen LogP contribution < -0.4 is 34.5 Å². The maximum Gasteiger partial charge on any atom is 1.00 e. The maximum atomic E-state index is 12.7. The van der Waals surface area contributed by atoms with Crippen LogP contribution in [0.2, 0.25) is 0 Å². The summed E-state index contributed by atoms with van der Waals surface area (Å²) in [6, 6.07) is 0. The van der Waals surface area contributed by atoms with Crippen molar-refractivity contribution < 1.29 is 87.6 Å². The minimum atomic E-state index is -5.28. The Morgan fingerprint density at radius 2 is 1.02 bits per heavy atom. The van der Waals surface area contributed by atoms with Gasteiger partial charge in [-0.3, -0.25) is 14.2 Å². The van der Waals surface area contributed by atoms with Crippen LogP contribution in [0, 0.1) is 5.92 Å². The molecule has 12 nitrogen and oxygen atoms in total. The fourth-order valence-corrected chi connectivity index (χ4v) is 7.84. The van der Waals surface area contributed by atoms with E-state index in [4.69, 9.17) is 18.5 Å². The number of aliphatic hydroxyl groups is 4. The Hall–Kier alpha value is -0.630. The Labute approximate surface area is 373 Å². The predicted octanol–water partition coefficient (Wildman–Crippen LogP) is 5.70. The first-order chi connectivity index (χ1) is 27.4. The molecular formula is C44H80NaO12P. The number of phosphoric acid groups is 1. The van der Waals surface area contributed by atoms with Gasteiger partial charge in [-0.2, -0.15) is 0 Å². The molecule has 1 fully saturated rings. The van der Waals surface area contributed by atoms with E-state index in [1.807, 2.05) is 0 Å². The zero-order chi connectivity index (χ0) is 42.2. The molecule has 6 unspecified atom stereocenters. The van der Waals surface area contributed by atoms with Crippen LogP contribution in [-0.2, 0) is 32.7 Å². The molecule has 8 atom stereocenters. The molecule has 0 bridgehead atoms. The Morgan fingerprint density at radius 1 is 0.603 bits per heavy atom. The molecule has 0 amide bonds. The molecule has 0 aromatic carbocycles. The van der Waals surface area contributed by atoms with Crippen molar-refractivity contribution in [2.24, 2.45) is 5.92 Å². The monoisotopic (exact) mass is 855 g/mol. The third-order valence-electron chi connectivity index (χ3n) is 10.7. The van der Waals surface area contributed by atoms with Gasteiger partial charge < -0.3 is 43.8 Å². The van der Waals surface area contributed by atoms with Gasteiger partial charge in [0.1, 0.15) is 24.9 Å². The zero-order valence-corrected chi connectivity index (χ0v) is 39.5. The van der Waals surface area contributed by atoms with Gasteiger partial charge in [0.15, 0.2) is 6.10 Å². The summed E-state index contributed by atoms with van der Waals surface area (Å²) in [5.41, 5.74) is 0. The third-order valence-corrected chi connectivity index (χ3v) is 11.6. The van der Waals surface area contributed by atoms with Crippen LogP contribution >= 0.6 is 7.82 Å². The van der Waals surface area contributed by atoms with Crippen LogP contribution in [0.4, 0.5) is 0 Å².